The number of hydrogen-bond donors (Lipinski definition) is 0. The van der Waals surface area contributed by atoms with Gasteiger partial charge in [0.15, 0.2) is 0 Å². The summed E-state index contributed by atoms with van der Waals surface area (Å²) in [6, 6.07) is 0.534. The summed E-state index contributed by atoms with van der Waals surface area (Å²) in [5.74, 6) is 1.15. The van der Waals surface area contributed by atoms with Crippen LogP contribution in [-0.2, 0) is 9.47 Å². The van der Waals surface area contributed by atoms with Crippen molar-refractivity contribution in [2.45, 2.75) is 52.3 Å². The standard InChI is InChI=1S/C17H28N4O3/c1-12-8-18-21(14-10-23-11-14)15(12)20-7-6-19(9-13(20)2)16(22)24-17(3,4)5/h8,13-14H,6-7,9-11H2,1-5H3/t13-/m1/s1. The van der Waals surface area contributed by atoms with E-state index in [0.717, 1.165) is 25.6 Å². The second-order valence-electron chi connectivity index (χ2n) is 7.76. The predicted molar refractivity (Wildman–Crippen MR) is 91.4 cm³/mol. The Balaban J connectivity index is 1.70. The second-order valence-corrected chi connectivity index (χ2v) is 7.76. The summed E-state index contributed by atoms with van der Waals surface area (Å²) in [5.41, 5.74) is 0.705. The fourth-order valence-corrected chi connectivity index (χ4v) is 3.20. The van der Waals surface area contributed by atoms with E-state index in [2.05, 4.69) is 28.5 Å². The molecule has 0 N–H and O–H groups in total. The largest absolute Gasteiger partial charge is 0.444 e. The van der Waals surface area contributed by atoms with Crippen molar-refractivity contribution in [2.24, 2.45) is 0 Å². The van der Waals surface area contributed by atoms with Crippen LogP contribution in [0.3, 0.4) is 0 Å². The smallest absolute Gasteiger partial charge is 0.410 e. The van der Waals surface area contributed by atoms with Crippen LogP contribution >= 0.6 is 0 Å². The number of carbonyl (C=O) groups is 1. The van der Waals surface area contributed by atoms with Gasteiger partial charge in [-0.2, -0.15) is 5.10 Å². The topological polar surface area (TPSA) is 59.8 Å². The minimum absolute atomic E-state index is 0.210. The third kappa shape index (κ3) is 3.36. The molecule has 0 radical (unpaired) electrons. The summed E-state index contributed by atoms with van der Waals surface area (Å²) < 4.78 is 12.9. The molecule has 1 atom stereocenters. The molecule has 0 bridgehead atoms. The van der Waals surface area contributed by atoms with Crippen molar-refractivity contribution in [3.05, 3.63) is 11.8 Å². The van der Waals surface area contributed by atoms with Gasteiger partial charge in [-0.05, 0) is 34.6 Å². The monoisotopic (exact) mass is 336 g/mol. The maximum absolute atomic E-state index is 12.3. The maximum atomic E-state index is 12.3. The second kappa shape index (κ2) is 6.27. The molecule has 1 aromatic heterocycles. The molecule has 7 heteroatoms. The third-order valence-electron chi connectivity index (χ3n) is 4.46. The number of amides is 1. The molecule has 1 aromatic rings. The number of ether oxygens (including phenoxy) is 2. The van der Waals surface area contributed by atoms with E-state index in [1.807, 2.05) is 27.0 Å². The number of rotatable bonds is 2. The number of carbonyl (C=O) groups excluding carboxylic acids is 1. The molecule has 0 aliphatic carbocycles. The van der Waals surface area contributed by atoms with E-state index < -0.39 is 5.60 Å². The van der Waals surface area contributed by atoms with Gasteiger partial charge in [0.05, 0.1) is 19.4 Å². The Morgan fingerprint density at radius 1 is 1.33 bits per heavy atom. The van der Waals surface area contributed by atoms with Gasteiger partial charge in [0, 0.05) is 31.2 Å². The molecule has 2 saturated heterocycles. The average Bonchev–Trinajstić information content (AvgIpc) is 2.77. The van der Waals surface area contributed by atoms with Crippen LogP contribution in [0.15, 0.2) is 6.20 Å². The first kappa shape index (κ1) is 17.1. The fourth-order valence-electron chi connectivity index (χ4n) is 3.20. The normalized spacial score (nSPS) is 22.5. The molecule has 3 rings (SSSR count). The maximum Gasteiger partial charge on any atom is 0.410 e. The Morgan fingerprint density at radius 2 is 2.04 bits per heavy atom. The molecule has 3 heterocycles. The Labute approximate surface area is 143 Å². The summed E-state index contributed by atoms with van der Waals surface area (Å²) in [4.78, 5) is 16.5. The van der Waals surface area contributed by atoms with Crippen LogP contribution in [0.25, 0.3) is 0 Å². The zero-order valence-electron chi connectivity index (χ0n) is 15.3. The number of nitrogens with zero attached hydrogens (tertiary/aromatic N) is 4. The van der Waals surface area contributed by atoms with Gasteiger partial charge in [-0.25, -0.2) is 9.48 Å². The molecule has 2 fully saturated rings. The average molecular weight is 336 g/mol. The van der Waals surface area contributed by atoms with Crippen molar-refractivity contribution in [3.63, 3.8) is 0 Å². The van der Waals surface area contributed by atoms with Gasteiger partial charge in [0.25, 0.3) is 0 Å². The van der Waals surface area contributed by atoms with Crippen LogP contribution in [0.4, 0.5) is 10.6 Å². The van der Waals surface area contributed by atoms with Crippen molar-refractivity contribution in [1.29, 1.82) is 0 Å². The van der Waals surface area contributed by atoms with E-state index in [4.69, 9.17) is 9.47 Å². The molecule has 2 aliphatic rings. The van der Waals surface area contributed by atoms with E-state index in [-0.39, 0.29) is 12.1 Å². The molecule has 0 spiro atoms. The van der Waals surface area contributed by atoms with Gasteiger partial charge in [0.2, 0.25) is 0 Å². The number of anilines is 1. The van der Waals surface area contributed by atoms with E-state index in [0.29, 0.717) is 19.1 Å². The zero-order valence-corrected chi connectivity index (χ0v) is 15.3. The van der Waals surface area contributed by atoms with Crippen LogP contribution in [0.5, 0.6) is 0 Å². The van der Waals surface area contributed by atoms with Gasteiger partial charge < -0.3 is 19.3 Å². The first-order valence-corrected chi connectivity index (χ1v) is 8.62. The minimum Gasteiger partial charge on any atom is -0.444 e. The molecule has 7 nitrogen and oxygen atoms in total. The van der Waals surface area contributed by atoms with Crippen molar-refractivity contribution >= 4 is 11.9 Å². The highest BCUT2D eigenvalue weighted by molar-refractivity contribution is 5.68. The van der Waals surface area contributed by atoms with E-state index in [1.54, 1.807) is 4.90 Å². The summed E-state index contributed by atoms with van der Waals surface area (Å²) in [5, 5.41) is 4.54. The minimum atomic E-state index is -0.461. The van der Waals surface area contributed by atoms with Gasteiger partial charge >= 0.3 is 6.09 Å². The number of hydrogen-bond acceptors (Lipinski definition) is 5. The predicted octanol–water partition coefficient (Wildman–Crippen LogP) is 2.21. The number of aromatic nitrogens is 2. The lowest BCUT2D eigenvalue weighted by Crippen LogP contribution is -2.55. The molecule has 0 aromatic carbocycles. The first-order chi connectivity index (χ1) is 11.3. The lowest BCUT2D eigenvalue weighted by Gasteiger charge is -2.42. The van der Waals surface area contributed by atoms with E-state index in [9.17, 15) is 4.79 Å². The van der Waals surface area contributed by atoms with Gasteiger partial charge in [-0.15, -0.1) is 0 Å². The van der Waals surface area contributed by atoms with E-state index >= 15 is 0 Å². The van der Waals surface area contributed by atoms with Crippen molar-refractivity contribution in [3.8, 4) is 0 Å². The van der Waals surface area contributed by atoms with Crippen LogP contribution in [0.1, 0.15) is 39.3 Å². The fraction of sp³-hybridized carbons (Fsp3) is 0.765. The number of piperazine rings is 1. The number of aryl methyl sites for hydroxylation is 1. The molecule has 24 heavy (non-hydrogen) atoms. The zero-order chi connectivity index (χ0) is 17.5. The van der Waals surface area contributed by atoms with Crippen molar-refractivity contribution in [2.75, 3.05) is 37.7 Å². The Morgan fingerprint density at radius 3 is 2.58 bits per heavy atom. The molecular formula is C17H28N4O3. The van der Waals surface area contributed by atoms with Gasteiger partial charge in [-0.3, -0.25) is 0 Å². The molecule has 2 aliphatic heterocycles. The Hall–Kier alpha value is -1.76. The van der Waals surface area contributed by atoms with E-state index in [1.165, 1.54) is 5.56 Å². The van der Waals surface area contributed by atoms with Crippen LogP contribution < -0.4 is 4.90 Å². The molecule has 0 unspecified atom stereocenters. The Kier molecular flexibility index (Phi) is 4.46. The first-order valence-electron chi connectivity index (χ1n) is 8.62. The van der Waals surface area contributed by atoms with Crippen molar-refractivity contribution < 1.29 is 14.3 Å². The lowest BCUT2D eigenvalue weighted by molar-refractivity contribution is -0.0282. The van der Waals surface area contributed by atoms with Gasteiger partial charge in [0.1, 0.15) is 17.5 Å². The highest BCUT2D eigenvalue weighted by Crippen LogP contribution is 2.30. The highest BCUT2D eigenvalue weighted by atomic mass is 16.6. The quantitative estimate of drug-likeness (QED) is 0.829. The van der Waals surface area contributed by atoms with Crippen LogP contribution in [0, 0.1) is 6.92 Å². The summed E-state index contributed by atoms with van der Waals surface area (Å²) in [6.07, 6.45) is 1.69. The lowest BCUT2D eigenvalue weighted by atomic mass is 10.1. The molecular weight excluding hydrogens is 308 g/mol. The SMILES string of the molecule is Cc1cnn(C2COC2)c1N1CCN(C(=O)OC(C)(C)C)C[C@H]1C. The highest BCUT2D eigenvalue weighted by Gasteiger charge is 2.34. The molecule has 134 valence electrons. The summed E-state index contributed by atoms with van der Waals surface area (Å²) >= 11 is 0. The summed E-state index contributed by atoms with van der Waals surface area (Å²) in [7, 11) is 0. The van der Waals surface area contributed by atoms with Crippen LogP contribution in [0.2, 0.25) is 0 Å². The van der Waals surface area contributed by atoms with Crippen LogP contribution in [-0.4, -0.2) is 65.3 Å². The van der Waals surface area contributed by atoms with Crippen molar-refractivity contribution in [1.82, 2.24) is 14.7 Å². The summed E-state index contributed by atoms with van der Waals surface area (Å²) in [6.45, 7) is 13.5. The van der Waals surface area contributed by atoms with Gasteiger partial charge in [-0.1, -0.05) is 0 Å². The Bertz CT molecular complexity index is 603. The molecule has 1 amide bonds. The molecule has 0 saturated carbocycles. The third-order valence-corrected chi connectivity index (χ3v) is 4.46.